The van der Waals surface area contributed by atoms with E-state index in [1.165, 1.54) is 6.92 Å². The number of hydrogen-bond donors (Lipinski definition) is 0. The van der Waals surface area contributed by atoms with E-state index in [0.29, 0.717) is 11.3 Å². The number of carbonyl (C=O) groups excluding carboxylic acids is 1. The standard InChI is InChI=1S/C11H9NO3/c1-8(13)14-15-10-6-2-4-9-5-3-7-12-11(9)10/h2-7H,1H3. The molecule has 4 nitrogen and oxygen atoms in total. The Morgan fingerprint density at radius 1 is 1.27 bits per heavy atom. The van der Waals surface area contributed by atoms with Crippen LogP contribution in [0.5, 0.6) is 5.75 Å². The van der Waals surface area contributed by atoms with Gasteiger partial charge in [0.25, 0.3) is 0 Å². The molecule has 0 atom stereocenters. The lowest BCUT2D eigenvalue weighted by Crippen LogP contribution is -2.03. The monoisotopic (exact) mass is 203 g/mol. The van der Waals surface area contributed by atoms with Gasteiger partial charge in [-0.3, -0.25) is 14.8 Å². The molecule has 0 spiro atoms. The summed E-state index contributed by atoms with van der Waals surface area (Å²) in [7, 11) is 0. The van der Waals surface area contributed by atoms with Crippen molar-refractivity contribution in [1.82, 2.24) is 4.98 Å². The van der Waals surface area contributed by atoms with Gasteiger partial charge in [0.15, 0.2) is 0 Å². The van der Waals surface area contributed by atoms with E-state index in [-0.39, 0.29) is 0 Å². The van der Waals surface area contributed by atoms with Gasteiger partial charge >= 0.3 is 5.97 Å². The zero-order valence-corrected chi connectivity index (χ0v) is 8.14. The Morgan fingerprint density at radius 3 is 2.87 bits per heavy atom. The third kappa shape index (κ3) is 2.04. The normalized spacial score (nSPS) is 9.93. The number of para-hydroxylation sites is 1. The minimum atomic E-state index is -0.497. The summed E-state index contributed by atoms with van der Waals surface area (Å²) in [4.78, 5) is 24.1. The van der Waals surface area contributed by atoms with Crippen LogP contribution in [0.3, 0.4) is 0 Å². The molecule has 2 aromatic rings. The topological polar surface area (TPSA) is 48.4 Å². The first kappa shape index (κ1) is 9.45. The van der Waals surface area contributed by atoms with Crippen LogP contribution in [0.2, 0.25) is 0 Å². The Balaban J connectivity index is 2.38. The number of rotatable bonds is 2. The van der Waals surface area contributed by atoms with Crippen LogP contribution < -0.4 is 4.89 Å². The van der Waals surface area contributed by atoms with Crippen molar-refractivity contribution in [3.05, 3.63) is 36.5 Å². The van der Waals surface area contributed by atoms with E-state index in [1.807, 2.05) is 24.3 Å². The molecule has 2 rings (SSSR count). The van der Waals surface area contributed by atoms with E-state index >= 15 is 0 Å². The van der Waals surface area contributed by atoms with Crippen LogP contribution in [0, 0.1) is 0 Å². The lowest BCUT2D eigenvalue weighted by Gasteiger charge is -2.04. The summed E-state index contributed by atoms with van der Waals surface area (Å²) in [6.45, 7) is 1.28. The van der Waals surface area contributed by atoms with Gasteiger partial charge in [-0.05, 0) is 12.1 Å². The molecule has 0 radical (unpaired) electrons. The molecule has 0 aliphatic rings. The molecular formula is C11H9NO3. The van der Waals surface area contributed by atoms with Crippen LogP contribution in [0.4, 0.5) is 0 Å². The second kappa shape index (κ2) is 3.96. The first-order valence-corrected chi connectivity index (χ1v) is 4.46. The Morgan fingerprint density at radius 2 is 2.07 bits per heavy atom. The second-order valence-electron chi connectivity index (χ2n) is 2.99. The number of carbonyl (C=O) groups is 1. The molecule has 15 heavy (non-hydrogen) atoms. The Hall–Kier alpha value is -2.10. The Kier molecular flexibility index (Phi) is 2.49. The predicted molar refractivity (Wildman–Crippen MR) is 54.1 cm³/mol. The minimum Gasteiger partial charge on any atom is -0.285 e. The van der Waals surface area contributed by atoms with Crippen LogP contribution in [0.1, 0.15) is 6.92 Å². The average molecular weight is 203 g/mol. The number of aromatic nitrogens is 1. The van der Waals surface area contributed by atoms with Crippen LogP contribution in [0.15, 0.2) is 36.5 Å². The Bertz CT molecular complexity index is 491. The third-order valence-corrected chi connectivity index (χ3v) is 1.84. The molecule has 1 aromatic carbocycles. The third-order valence-electron chi connectivity index (χ3n) is 1.84. The van der Waals surface area contributed by atoms with Crippen molar-refractivity contribution >= 4 is 16.9 Å². The molecule has 76 valence electrons. The van der Waals surface area contributed by atoms with Gasteiger partial charge in [0.2, 0.25) is 5.75 Å². The molecule has 1 aromatic heterocycles. The van der Waals surface area contributed by atoms with Gasteiger partial charge in [-0.15, -0.1) is 0 Å². The fourth-order valence-electron chi connectivity index (χ4n) is 1.25. The molecular weight excluding hydrogens is 194 g/mol. The van der Waals surface area contributed by atoms with E-state index < -0.39 is 5.97 Å². The molecule has 0 saturated carbocycles. The maximum atomic E-state index is 10.6. The largest absolute Gasteiger partial charge is 0.352 e. The summed E-state index contributed by atoms with van der Waals surface area (Å²) in [5.41, 5.74) is 0.668. The smallest absolute Gasteiger partial charge is 0.285 e. The maximum absolute atomic E-state index is 10.6. The first-order valence-electron chi connectivity index (χ1n) is 4.46. The molecule has 0 N–H and O–H groups in total. The summed E-state index contributed by atoms with van der Waals surface area (Å²) in [5.74, 6) is -0.0637. The fraction of sp³-hybridized carbons (Fsp3) is 0.0909. The molecule has 0 aliphatic carbocycles. The quantitative estimate of drug-likeness (QED) is 0.554. The predicted octanol–water partition coefficient (Wildman–Crippen LogP) is 2.09. The van der Waals surface area contributed by atoms with Gasteiger partial charge in [0.05, 0.1) is 0 Å². The number of pyridine rings is 1. The summed E-state index contributed by atoms with van der Waals surface area (Å²) >= 11 is 0. The number of fused-ring (bicyclic) bond motifs is 1. The van der Waals surface area contributed by atoms with Crippen molar-refractivity contribution in [3.8, 4) is 5.75 Å². The first-order chi connectivity index (χ1) is 7.27. The molecule has 0 unspecified atom stereocenters. The zero-order chi connectivity index (χ0) is 10.7. The summed E-state index contributed by atoms with van der Waals surface area (Å²) in [6, 6.07) is 9.14. The van der Waals surface area contributed by atoms with Crippen LogP contribution in [-0.2, 0) is 9.68 Å². The number of nitrogens with zero attached hydrogens (tertiary/aromatic N) is 1. The highest BCUT2D eigenvalue weighted by Gasteiger charge is 2.04. The van der Waals surface area contributed by atoms with E-state index in [1.54, 1.807) is 12.3 Å². The summed E-state index contributed by atoms with van der Waals surface area (Å²) < 4.78 is 0. The maximum Gasteiger partial charge on any atom is 0.352 e. The molecule has 0 amide bonds. The van der Waals surface area contributed by atoms with Gasteiger partial charge in [-0.1, -0.05) is 18.2 Å². The number of benzene rings is 1. The van der Waals surface area contributed by atoms with Gasteiger partial charge in [0.1, 0.15) is 5.52 Å². The molecule has 0 saturated heterocycles. The fourth-order valence-corrected chi connectivity index (χ4v) is 1.25. The lowest BCUT2D eigenvalue weighted by molar-refractivity contribution is -0.210. The van der Waals surface area contributed by atoms with Gasteiger partial charge in [0, 0.05) is 18.5 Å². The van der Waals surface area contributed by atoms with Crippen LogP contribution >= 0.6 is 0 Å². The highest BCUT2D eigenvalue weighted by molar-refractivity contribution is 5.84. The van der Waals surface area contributed by atoms with E-state index in [0.717, 1.165) is 5.39 Å². The van der Waals surface area contributed by atoms with Crippen molar-refractivity contribution in [2.24, 2.45) is 0 Å². The molecule has 0 aliphatic heterocycles. The number of hydrogen-bond acceptors (Lipinski definition) is 4. The molecule has 1 heterocycles. The lowest BCUT2D eigenvalue weighted by atomic mass is 10.2. The van der Waals surface area contributed by atoms with E-state index in [2.05, 4.69) is 9.87 Å². The van der Waals surface area contributed by atoms with Crippen molar-refractivity contribution in [1.29, 1.82) is 0 Å². The summed E-state index contributed by atoms with van der Waals surface area (Å²) in [5, 5.41) is 0.933. The van der Waals surface area contributed by atoms with E-state index in [9.17, 15) is 4.79 Å². The van der Waals surface area contributed by atoms with Gasteiger partial charge in [-0.25, -0.2) is 4.79 Å². The van der Waals surface area contributed by atoms with Crippen molar-refractivity contribution in [3.63, 3.8) is 0 Å². The Labute approximate surface area is 86.4 Å². The van der Waals surface area contributed by atoms with Crippen LogP contribution in [0.25, 0.3) is 10.9 Å². The highest BCUT2D eigenvalue weighted by atomic mass is 17.2. The van der Waals surface area contributed by atoms with Gasteiger partial charge in [-0.2, -0.15) is 0 Å². The highest BCUT2D eigenvalue weighted by Crippen LogP contribution is 2.22. The average Bonchev–Trinajstić information content (AvgIpc) is 2.26. The van der Waals surface area contributed by atoms with E-state index in [4.69, 9.17) is 4.89 Å². The van der Waals surface area contributed by atoms with Crippen LogP contribution in [-0.4, -0.2) is 11.0 Å². The van der Waals surface area contributed by atoms with Crippen molar-refractivity contribution < 1.29 is 14.6 Å². The zero-order valence-electron chi connectivity index (χ0n) is 8.14. The SMILES string of the molecule is CC(=O)OOc1cccc2cccnc12. The van der Waals surface area contributed by atoms with Crippen molar-refractivity contribution in [2.45, 2.75) is 6.92 Å². The van der Waals surface area contributed by atoms with Gasteiger partial charge < -0.3 is 0 Å². The molecule has 0 bridgehead atoms. The molecule has 4 heteroatoms. The van der Waals surface area contributed by atoms with Crippen molar-refractivity contribution in [2.75, 3.05) is 0 Å². The molecule has 0 fully saturated rings. The minimum absolute atomic E-state index is 0.434. The second-order valence-corrected chi connectivity index (χ2v) is 2.99. The summed E-state index contributed by atoms with van der Waals surface area (Å²) in [6.07, 6.45) is 1.66.